The summed E-state index contributed by atoms with van der Waals surface area (Å²) in [7, 11) is -3.39. The number of hydrogen-bond donors (Lipinski definition) is 2. The summed E-state index contributed by atoms with van der Waals surface area (Å²) in [6, 6.07) is 0. The highest BCUT2D eigenvalue weighted by Crippen LogP contribution is 2.38. The van der Waals surface area contributed by atoms with Crippen LogP contribution in [-0.2, 0) is 14.8 Å². The normalized spacial score (nSPS) is 23.9. The SMILES string of the molecule is NC(CCCN1CCOCC1)(CCCS(N)(=O)=O)C1CCCC1. The van der Waals surface area contributed by atoms with Crippen molar-refractivity contribution in [2.45, 2.75) is 56.9 Å². The molecule has 2 fully saturated rings. The lowest BCUT2D eigenvalue weighted by molar-refractivity contribution is 0.0358. The van der Waals surface area contributed by atoms with Crippen LogP contribution in [0.2, 0.25) is 0 Å². The Morgan fingerprint density at radius 2 is 1.70 bits per heavy atom. The number of nitrogens with two attached hydrogens (primary N) is 2. The van der Waals surface area contributed by atoms with Crippen LogP contribution in [0.15, 0.2) is 0 Å². The number of rotatable bonds is 9. The minimum atomic E-state index is -3.39. The topological polar surface area (TPSA) is 98.6 Å². The lowest BCUT2D eigenvalue weighted by Gasteiger charge is -2.37. The van der Waals surface area contributed by atoms with Crippen molar-refractivity contribution in [2.75, 3.05) is 38.6 Å². The number of morpholine rings is 1. The molecule has 4 N–H and O–H groups in total. The van der Waals surface area contributed by atoms with E-state index in [2.05, 4.69) is 4.90 Å². The van der Waals surface area contributed by atoms with Crippen LogP contribution < -0.4 is 10.9 Å². The third-order valence-corrected chi connectivity index (χ3v) is 6.32. The summed E-state index contributed by atoms with van der Waals surface area (Å²) < 4.78 is 27.7. The first kappa shape index (κ1) is 19.1. The van der Waals surface area contributed by atoms with Crippen LogP contribution in [0, 0.1) is 5.92 Å². The van der Waals surface area contributed by atoms with Crippen LogP contribution in [-0.4, -0.2) is 57.5 Å². The second-order valence-electron chi connectivity index (χ2n) is 7.24. The van der Waals surface area contributed by atoms with Crippen molar-refractivity contribution in [1.29, 1.82) is 0 Å². The quantitative estimate of drug-likeness (QED) is 0.650. The van der Waals surface area contributed by atoms with Gasteiger partial charge < -0.3 is 10.5 Å². The minimum absolute atomic E-state index is 0.0438. The molecule has 0 aromatic carbocycles. The van der Waals surface area contributed by atoms with Crippen LogP contribution in [0.5, 0.6) is 0 Å². The molecule has 2 aliphatic rings. The Morgan fingerprint density at radius 3 is 2.30 bits per heavy atom. The molecule has 1 aliphatic heterocycles. The zero-order chi connectivity index (χ0) is 16.8. The Morgan fingerprint density at radius 1 is 1.09 bits per heavy atom. The summed E-state index contributed by atoms with van der Waals surface area (Å²) >= 11 is 0. The molecular formula is C16H33N3O3S. The second kappa shape index (κ2) is 8.76. The summed E-state index contributed by atoms with van der Waals surface area (Å²) in [4.78, 5) is 2.43. The third kappa shape index (κ3) is 6.66. The largest absolute Gasteiger partial charge is 0.379 e. The molecule has 23 heavy (non-hydrogen) atoms. The predicted molar refractivity (Wildman–Crippen MR) is 92.6 cm³/mol. The van der Waals surface area contributed by atoms with Crippen molar-refractivity contribution in [1.82, 2.24) is 4.90 Å². The molecule has 6 nitrogen and oxygen atoms in total. The minimum Gasteiger partial charge on any atom is -0.379 e. The van der Waals surface area contributed by atoms with E-state index in [1.54, 1.807) is 0 Å². The third-order valence-electron chi connectivity index (χ3n) is 5.46. The van der Waals surface area contributed by atoms with Crippen molar-refractivity contribution < 1.29 is 13.2 Å². The molecule has 136 valence electrons. The molecule has 1 unspecified atom stereocenters. The van der Waals surface area contributed by atoms with Gasteiger partial charge in [-0.05, 0) is 51.0 Å². The Labute approximate surface area is 141 Å². The van der Waals surface area contributed by atoms with E-state index in [0.717, 1.165) is 52.1 Å². The van der Waals surface area contributed by atoms with E-state index in [-0.39, 0.29) is 11.3 Å². The van der Waals surface area contributed by atoms with Crippen LogP contribution in [0.1, 0.15) is 51.4 Å². The molecule has 1 saturated carbocycles. The van der Waals surface area contributed by atoms with Crippen molar-refractivity contribution in [3.05, 3.63) is 0 Å². The van der Waals surface area contributed by atoms with Gasteiger partial charge in [-0.3, -0.25) is 4.90 Å². The zero-order valence-corrected chi connectivity index (χ0v) is 15.0. The monoisotopic (exact) mass is 347 g/mol. The summed E-state index contributed by atoms with van der Waals surface area (Å²) in [5.41, 5.74) is 6.54. The molecule has 0 spiro atoms. The molecule has 0 aromatic rings. The predicted octanol–water partition coefficient (Wildman–Crippen LogP) is 1.06. The highest BCUT2D eigenvalue weighted by molar-refractivity contribution is 7.89. The fourth-order valence-corrected chi connectivity index (χ4v) is 4.64. The van der Waals surface area contributed by atoms with Gasteiger partial charge in [-0.1, -0.05) is 12.8 Å². The van der Waals surface area contributed by atoms with Crippen molar-refractivity contribution in [3.8, 4) is 0 Å². The summed E-state index contributed by atoms with van der Waals surface area (Å²) in [5, 5.41) is 5.13. The zero-order valence-electron chi connectivity index (χ0n) is 14.2. The van der Waals surface area contributed by atoms with Crippen LogP contribution in [0.3, 0.4) is 0 Å². The van der Waals surface area contributed by atoms with Gasteiger partial charge in [0.2, 0.25) is 10.0 Å². The maximum absolute atomic E-state index is 11.2. The average molecular weight is 348 g/mol. The molecule has 1 atom stereocenters. The lowest BCUT2D eigenvalue weighted by Crippen LogP contribution is -2.47. The van der Waals surface area contributed by atoms with E-state index < -0.39 is 10.0 Å². The first-order valence-electron chi connectivity index (χ1n) is 8.98. The molecular weight excluding hydrogens is 314 g/mol. The molecule has 2 rings (SSSR count). The van der Waals surface area contributed by atoms with E-state index in [4.69, 9.17) is 15.6 Å². The van der Waals surface area contributed by atoms with E-state index in [1.807, 2.05) is 0 Å². The fourth-order valence-electron chi connectivity index (χ4n) is 4.09. The molecule has 1 aliphatic carbocycles. The highest BCUT2D eigenvalue weighted by atomic mass is 32.2. The number of nitrogens with zero attached hydrogens (tertiary/aromatic N) is 1. The summed E-state index contributed by atoms with van der Waals surface area (Å²) in [5.74, 6) is 0.579. The van der Waals surface area contributed by atoms with Crippen LogP contribution >= 0.6 is 0 Å². The number of primary sulfonamides is 1. The maximum Gasteiger partial charge on any atom is 0.209 e. The molecule has 0 amide bonds. The lowest BCUT2D eigenvalue weighted by atomic mass is 9.76. The average Bonchev–Trinajstić information content (AvgIpc) is 3.02. The second-order valence-corrected chi connectivity index (χ2v) is 8.98. The van der Waals surface area contributed by atoms with E-state index in [9.17, 15) is 8.42 Å². The van der Waals surface area contributed by atoms with Crippen molar-refractivity contribution in [3.63, 3.8) is 0 Å². The van der Waals surface area contributed by atoms with E-state index >= 15 is 0 Å². The Kier molecular flexibility index (Phi) is 7.28. The molecule has 0 bridgehead atoms. The number of hydrogen-bond acceptors (Lipinski definition) is 5. The number of ether oxygens (including phenoxy) is 1. The van der Waals surface area contributed by atoms with E-state index in [0.29, 0.717) is 12.3 Å². The maximum atomic E-state index is 11.2. The standard InChI is InChI=1S/C16H33N3O3S/c17-16(15-5-1-2-6-15,8-4-14-23(18,20)21)7-3-9-19-10-12-22-13-11-19/h15H,1-14,17H2,(H2,18,20,21). The summed E-state index contributed by atoms with van der Waals surface area (Å²) in [6.45, 7) is 4.72. The summed E-state index contributed by atoms with van der Waals surface area (Å²) in [6.07, 6.45) is 8.25. The van der Waals surface area contributed by atoms with Gasteiger partial charge in [0.25, 0.3) is 0 Å². The smallest absolute Gasteiger partial charge is 0.209 e. The van der Waals surface area contributed by atoms with Gasteiger partial charge in [0.05, 0.1) is 19.0 Å². The van der Waals surface area contributed by atoms with Crippen LogP contribution in [0.4, 0.5) is 0 Å². The van der Waals surface area contributed by atoms with Gasteiger partial charge in [0.15, 0.2) is 0 Å². The van der Waals surface area contributed by atoms with Gasteiger partial charge >= 0.3 is 0 Å². The van der Waals surface area contributed by atoms with Gasteiger partial charge in [-0.2, -0.15) is 0 Å². The first-order chi connectivity index (χ1) is 10.9. The molecule has 1 saturated heterocycles. The highest BCUT2D eigenvalue weighted by Gasteiger charge is 2.36. The van der Waals surface area contributed by atoms with Crippen LogP contribution in [0.25, 0.3) is 0 Å². The Balaban J connectivity index is 1.82. The molecule has 0 radical (unpaired) electrons. The van der Waals surface area contributed by atoms with Gasteiger partial charge in [0, 0.05) is 18.6 Å². The molecule has 1 heterocycles. The van der Waals surface area contributed by atoms with Gasteiger partial charge in [-0.15, -0.1) is 0 Å². The Hall–Kier alpha value is -0.210. The van der Waals surface area contributed by atoms with Gasteiger partial charge in [0.1, 0.15) is 0 Å². The van der Waals surface area contributed by atoms with Crippen molar-refractivity contribution >= 4 is 10.0 Å². The molecule has 0 aromatic heterocycles. The Bertz CT molecular complexity index is 445. The fraction of sp³-hybridized carbons (Fsp3) is 1.00. The molecule has 7 heteroatoms. The first-order valence-corrected chi connectivity index (χ1v) is 10.7. The van der Waals surface area contributed by atoms with Crippen molar-refractivity contribution in [2.24, 2.45) is 16.8 Å². The number of sulfonamides is 1. The van der Waals surface area contributed by atoms with E-state index in [1.165, 1.54) is 25.7 Å². The van der Waals surface area contributed by atoms with Gasteiger partial charge in [-0.25, -0.2) is 13.6 Å².